The minimum atomic E-state index is -2.98. The summed E-state index contributed by atoms with van der Waals surface area (Å²) in [6.07, 6.45) is 1.16. The summed E-state index contributed by atoms with van der Waals surface area (Å²) in [5.41, 5.74) is 1.47. The molecule has 2 atom stereocenters. The fourth-order valence-corrected chi connectivity index (χ4v) is 5.47. The quantitative estimate of drug-likeness (QED) is 0.712. The number of anilines is 1. The lowest BCUT2D eigenvalue weighted by Gasteiger charge is -2.29. The number of hydrogen-bond acceptors (Lipinski definition) is 5. The Bertz CT molecular complexity index is 1000. The second-order valence-electron chi connectivity index (χ2n) is 7.57. The third-order valence-corrected chi connectivity index (χ3v) is 7.12. The minimum Gasteiger partial charge on any atom is -0.497 e. The summed E-state index contributed by atoms with van der Waals surface area (Å²) in [5.74, 6) is 0.826. The maximum atomic E-state index is 13.0. The van der Waals surface area contributed by atoms with Crippen LogP contribution < -0.4 is 14.8 Å². The van der Waals surface area contributed by atoms with Gasteiger partial charge in [0.05, 0.1) is 12.0 Å². The molecule has 0 spiro atoms. The molecule has 0 aromatic heterocycles. The Morgan fingerprint density at radius 2 is 2.00 bits per heavy atom. The molecule has 2 aliphatic heterocycles. The topological polar surface area (TPSA) is 67.9 Å². The number of carbonyl (C=O) groups excluding carboxylic acids is 2. The molecule has 2 aromatic rings. The standard InChI is InChI=1S/C22H22F2N2O4S/c1-22-10-9-19(27)26(22)17(12-31-22)20(28)25-14-5-8-18(30-21(23)24)16(11-14)13-3-6-15(29-2)7-4-13/h3-8,11,17,21H,9-10,12H2,1-2H3,(H,25,28)/t17-,22-/m0/s1. The van der Waals surface area contributed by atoms with E-state index in [2.05, 4.69) is 10.1 Å². The molecule has 4 rings (SSSR count). The summed E-state index contributed by atoms with van der Waals surface area (Å²) in [5, 5.41) is 2.83. The fourth-order valence-electron chi connectivity index (χ4n) is 4.04. The largest absolute Gasteiger partial charge is 0.497 e. The predicted octanol–water partition coefficient (Wildman–Crippen LogP) is 4.36. The average Bonchev–Trinajstić information content (AvgIpc) is 3.24. The molecule has 6 nitrogen and oxygen atoms in total. The lowest BCUT2D eigenvalue weighted by atomic mass is 10.0. The van der Waals surface area contributed by atoms with Gasteiger partial charge in [-0.05, 0) is 49.2 Å². The zero-order chi connectivity index (χ0) is 22.2. The number of ether oxygens (including phenoxy) is 2. The van der Waals surface area contributed by atoms with Gasteiger partial charge in [0.2, 0.25) is 11.8 Å². The van der Waals surface area contributed by atoms with Crippen LogP contribution in [0.2, 0.25) is 0 Å². The molecule has 2 aromatic carbocycles. The van der Waals surface area contributed by atoms with Crippen molar-refractivity contribution in [3.05, 3.63) is 42.5 Å². The number of nitrogens with one attached hydrogen (secondary N) is 1. The van der Waals surface area contributed by atoms with Crippen LogP contribution in [-0.4, -0.2) is 47.1 Å². The van der Waals surface area contributed by atoms with Gasteiger partial charge in [-0.25, -0.2) is 0 Å². The van der Waals surface area contributed by atoms with E-state index in [4.69, 9.17) is 4.74 Å². The Hall–Kier alpha value is -2.81. The van der Waals surface area contributed by atoms with Gasteiger partial charge in [0.1, 0.15) is 17.5 Å². The van der Waals surface area contributed by atoms with Crippen molar-refractivity contribution in [1.29, 1.82) is 0 Å². The number of nitrogens with zero attached hydrogens (tertiary/aromatic N) is 1. The summed E-state index contributed by atoms with van der Waals surface area (Å²) in [6, 6.07) is 10.8. The Kier molecular flexibility index (Phi) is 5.79. The van der Waals surface area contributed by atoms with Crippen LogP contribution in [0.15, 0.2) is 42.5 Å². The second-order valence-corrected chi connectivity index (χ2v) is 9.07. The molecule has 1 N–H and O–H groups in total. The van der Waals surface area contributed by atoms with Gasteiger partial charge in [0.25, 0.3) is 0 Å². The van der Waals surface area contributed by atoms with Crippen LogP contribution >= 0.6 is 11.8 Å². The van der Waals surface area contributed by atoms with E-state index >= 15 is 0 Å². The summed E-state index contributed by atoms with van der Waals surface area (Å²) in [4.78, 5) is 26.6. The molecule has 0 aliphatic carbocycles. The highest BCUT2D eigenvalue weighted by molar-refractivity contribution is 8.01. The van der Waals surface area contributed by atoms with Crippen molar-refractivity contribution in [2.75, 3.05) is 18.2 Å². The van der Waals surface area contributed by atoms with Gasteiger partial charge in [0, 0.05) is 23.4 Å². The highest BCUT2D eigenvalue weighted by Gasteiger charge is 2.52. The summed E-state index contributed by atoms with van der Waals surface area (Å²) < 4.78 is 35.6. The van der Waals surface area contributed by atoms with Crippen LogP contribution in [-0.2, 0) is 9.59 Å². The Balaban J connectivity index is 1.60. The van der Waals surface area contributed by atoms with Crippen molar-refractivity contribution in [3.8, 4) is 22.6 Å². The lowest BCUT2D eigenvalue weighted by molar-refractivity contribution is -0.135. The van der Waals surface area contributed by atoms with Gasteiger partial charge in [-0.15, -0.1) is 11.8 Å². The molecule has 164 valence electrons. The van der Waals surface area contributed by atoms with E-state index in [0.29, 0.717) is 34.7 Å². The predicted molar refractivity (Wildman–Crippen MR) is 114 cm³/mol. The van der Waals surface area contributed by atoms with Gasteiger partial charge in [-0.2, -0.15) is 8.78 Å². The molecular weight excluding hydrogens is 426 g/mol. The zero-order valence-electron chi connectivity index (χ0n) is 17.1. The molecule has 2 saturated heterocycles. The van der Waals surface area contributed by atoms with E-state index in [9.17, 15) is 18.4 Å². The maximum Gasteiger partial charge on any atom is 0.387 e. The first kappa shape index (κ1) is 21.4. The van der Waals surface area contributed by atoms with E-state index < -0.39 is 12.7 Å². The van der Waals surface area contributed by atoms with Crippen molar-refractivity contribution in [2.45, 2.75) is 37.3 Å². The molecule has 2 heterocycles. The first-order valence-electron chi connectivity index (χ1n) is 9.81. The molecule has 0 unspecified atom stereocenters. The number of benzene rings is 2. The average molecular weight is 448 g/mol. The number of hydrogen-bond donors (Lipinski definition) is 1. The SMILES string of the molecule is COc1ccc(-c2cc(NC(=O)[C@@H]3CS[C@@]4(C)CCC(=O)N34)ccc2OC(F)F)cc1. The number of carbonyl (C=O) groups is 2. The van der Waals surface area contributed by atoms with E-state index in [0.717, 1.165) is 6.42 Å². The molecule has 2 aliphatic rings. The van der Waals surface area contributed by atoms with E-state index in [-0.39, 0.29) is 22.4 Å². The maximum absolute atomic E-state index is 13.0. The van der Waals surface area contributed by atoms with Crippen LogP contribution in [0.3, 0.4) is 0 Å². The first-order valence-corrected chi connectivity index (χ1v) is 10.8. The first-order chi connectivity index (χ1) is 14.8. The van der Waals surface area contributed by atoms with Gasteiger partial charge in [-0.3, -0.25) is 9.59 Å². The van der Waals surface area contributed by atoms with Crippen molar-refractivity contribution in [3.63, 3.8) is 0 Å². The summed E-state index contributed by atoms with van der Waals surface area (Å²) in [6.45, 7) is -1.000. The third-order valence-electron chi connectivity index (χ3n) is 5.61. The van der Waals surface area contributed by atoms with Crippen LogP contribution in [0.25, 0.3) is 11.1 Å². The monoisotopic (exact) mass is 448 g/mol. The molecular formula is C22H22F2N2O4S. The molecule has 2 fully saturated rings. The van der Waals surface area contributed by atoms with Crippen LogP contribution in [0.1, 0.15) is 19.8 Å². The molecule has 0 radical (unpaired) electrons. The smallest absolute Gasteiger partial charge is 0.387 e. The molecule has 0 bridgehead atoms. The highest BCUT2D eigenvalue weighted by atomic mass is 32.2. The second kappa shape index (κ2) is 8.37. The number of fused-ring (bicyclic) bond motifs is 1. The zero-order valence-corrected chi connectivity index (χ0v) is 17.9. The molecule has 2 amide bonds. The number of alkyl halides is 2. The van der Waals surface area contributed by atoms with Gasteiger partial charge in [0.15, 0.2) is 0 Å². The van der Waals surface area contributed by atoms with Crippen LogP contribution in [0, 0.1) is 0 Å². The van der Waals surface area contributed by atoms with Crippen LogP contribution in [0.4, 0.5) is 14.5 Å². The van der Waals surface area contributed by atoms with Gasteiger partial charge in [-0.1, -0.05) is 12.1 Å². The van der Waals surface area contributed by atoms with Crippen molar-refractivity contribution < 1.29 is 27.8 Å². The number of methoxy groups -OCH3 is 1. The van der Waals surface area contributed by atoms with Crippen molar-refractivity contribution in [1.82, 2.24) is 4.90 Å². The molecule has 9 heteroatoms. The number of thioether (sulfide) groups is 1. The van der Waals surface area contributed by atoms with E-state index in [1.54, 1.807) is 47.0 Å². The summed E-state index contributed by atoms with van der Waals surface area (Å²) in [7, 11) is 1.54. The Morgan fingerprint density at radius 3 is 2.68 bits per heavy atom. The third kappa shape index (κ3) is 4.19. The van der Waals surface area contributed by atoms with E-state index in [1.807, 2.05) is 6.92 Å². The Labute approximate surface area is 182 Å². The molecule has 0 saturated carbocycles. The summed E-state index contributed by atoms with van der Waals surface area (Å²) >= 11 is 1.61. The minimum absolute atomic E-state index is 0.00289. The fraction of sp³-hybridized carbons (Fsp3) is 0.364. The number of rotatable bonds is 6. The molecule has 31 heavy (non-hydrogen) atoms. The lowest BCUT2D eigenvalue weighted by Crippen LogP contribution is -2.48. The number of halogens is 2. The van der Waals surface area contributed by atoms with Gasteiger partial charge >= 0.3 is 6.61 Å². The Morgan fingerprint density at radius 1 is 1.26 bits per heavy atom. The van der Waals surface area contributed by atoms with Crippen molar-refractivity contribution in [2.24, 2.45) is 0 Å². The van der Waals surface area contributed by atoms with Crippen molar-refractivity contribution >= 4 is 29.3 Å². The number of amides is 2. The van der Waals surface area contributed by atoms with Crippen LogP contribution in [0.5, 0.6) is 11.5 Å². The highest BCUT2D eigenvalue weighted by Crippen LogP contribution is 2.47. The normalized spacial score (nSPS) is 22.5. The van der Waals surface area contributed by atoms with Gasteiger partial charge < -0.3 is 19.7 Å². The van der Waals surface area contributed by atoms with E-state index in [1.165, 1.54) is 19.2 Å².